The van der Waals surface area contributed by atoms with Crippen LogP contribution < -0.4 is 5.01 Å². The number of rotatable bonds is 3. The van der Waals surface area contributed by atoms with Crippen LogP contribution in [0.15, 0.2) is 51.8 Å². The van der Waals surface area contributed by atoms with Crippen molar-refractivity contribution in [1.82, 2.24) is 0 Å². The Labute approximate surface area is 151 Å². The van der Waals surface area contributed by atoms with Crippen LogP contribution in [0.2, 0.25) is 0 Å². The second kappa shape index (κ2) is 6.55. The first kappa shape index (κ1) is 16.8. The molecule has 26 heavy (non-hydrogen) atoms. The minimum Gasteiger partial charge on any atom is -0.466 e. The molecule has 0 N–H and O–H groups in total. The summed E-state index contributed by atoms with van der Waals surface area (Å²) in [5.41, 5.74) is 1.80. The molecular weight excluding hydrogens is 334 g/mol. The lowest BCUT2D eigenvalue weighted by Crippen LogP contribution is -2.50. The number of carbonyl (C=O) groups is 2. The van der Waals surface area contributed by atoms with Gasteiger partial charge in [-0.2, -0.15) is 5.11 Å². The van der Waals surface area contributed by atoms with Gasteiger partial charge < -0.3 is 9.47 Å². The van der Waals surface area contributed by atoms with E-state index in [-0.39, 0.29) is 23.9 Å². The summed E-state index contributed by atoms with van der Waals surface area (Å²) in [7, 11) is 2.69. The zero-order valence-electron chi connectivity index (χ0n) is 14.8. The zero-order chi connectivity index (χ0) is 18.3. The summed E-state index contributed by atoms with van der Waals surface area (Å²) >= 11 is 0. The van der Waals surface area contributed by atoms with E-state index in [4.69, 9.17) is 9.47 Å². The average Bonchev–Trinajstić information content (AvgIpc) is 2.94. The average molecular weight is 355 g/mol. The molecule has 1 saturated carbocycles. The van der Waals surface area contributed by atoms with Crippen molar-refractivity contribution in [2.75, 3.05) is 19.2 Å². The highest BCUT2D eigenvalue weighted by Gasteiger charge is 2.55. The molecule has 0 aromatic heterocycles. The number of benzene rings is 1. The molecule has 4 atom stereocenters. The van der Waals surface area contributed by atoms with Crippen LogP contribution >= 0.6 is 0 Å². The third-order valence-corrected chi connectivity index (χ3v) is 5.63. The van der Waals surface area contributed by atoms with Gasteiger partial charge in [-0.1, -0.05) is 29.8 Å². The van der Waals surface area contributed by atoms with Gasteiger partial charge in [0, 0.05) is 11.8 Å². The van der Waals surface area contributed by atoms with Crippen molar-refractivity contribution in [1.29, 1.82) is 0 Å². The summed E-state index contributed by atoms with van der Waals surface area (Å²) in [5, 5.41) is 10.8. The van der Waals surface area contributed by atoms with E-state index in [1.54, 1.807) is 0 Å². The van der Waals surface area contributed by atoms with Gasteiger partial charge >= 0.3 is 11.9 Å². The second-order valence-corrected chi connectivity index (χ2v) is 6.82. The Balaban J connectivity index is 1.84. The standard InChI is InChI=1S/C19H21N3O4/c1-25-18(23)14-12-9-6-10-13(15(14)19(24)26-2)17-16(12)20-21-22(17)11-7-4-3-5-8-11/h3-5,7-8,12-13,16-17H,6,9-10H2,1-2H3/t12?,13?,16-,17+/m1/s1. The number of anilines is 1. The molecule has 1 heterocycles. The van der Waals surface area contributed by atoms with E-state index in [1.165, 1.54) is 14.2 Å². The van der Waals surface area contributed by atoms with Gasteiger partial charge in [-0.15, -0.1) is 0 Å². The van der Waals surface area contributed by atoms with Gasteiger partial charge in [-0.05, 0) is 25.0 Å². The lowest BCUT2D eigenvalue weighted by molar-refractivity contribution is -0.140. The lowest BCUT2D eigenvalue weighted by Gasteiger charge is -2.38. The van der Waals surface area contributed by atoms with E-state index in [0.29, 0.717) is 11.1 Å². The molecule has 1 aromatic rings. The fourth-order valence-electron chi connectivity index (χ4n) is 4.59. The number of para-hydroxylation sites is 1. The van der Waals surface area contributed by atoms with Crippen molar-refractivity contribution in [3.63, 3.8) is 0 Å². The highest BCUT2D eigenvalue weighted by Crippen LogP contribution is 2.50. The van der Waals surface area contributed by atoms with Gasteiger partial charge in [0.25, 0.3) is 0 Å². The van der Waals surface area contributed by atoms with Crippen molar-refractivity contribution >= 4 is 17.6 Å². The molecule has 3 aliphatic carbocycles. The quantitative estimate of drug-likeness (QED) is 0.779. The van der Waals surface area contributed by atoms with Crippen LogP contribution in [-0.4, -0.2) is 38.2 Å². The third kappa shape index (κ3) is 2.41. The summed E-state index contributed by atoms with van der Waals surface area (Å²) < 4.78 is 10.0. The maximum absolute atomic E-state index is 12.6. The maximum Gasteiger partial charge on any atom is 0.334 e. The molecule has 136 valence electrons. The Morgan fingerprint density at radius 3 is 2.27 bits per heavy atom. The number of carbonyl (C=O) groups excluding carboxylic acids is 2. The van der Waals surface area contributed by atoms with Gasteiger partial charge in [0.2, 0.25) is 0 Å². The Bertz CT molecular complexity index is 789. The SMILES string of the molecule is COC(=O)C1=C(C(=O)OC)C2CCCC1[C@H]1N=NN(c3ccccc3)[C@@H]21. The highest BCUT2D eigenvalue weighted by atomic mass is 16.5. The molecule has 4 aliphatic rings. The van der Waals surface area contributed by atoms with Crippen LogP contribution in [0.1, 0.15) is 19.3 Å². The molecule has 7 nitrogen and oxygen atoms in total. The fourth-order valence-corrected chi connectivity index (χ4v) is 4.59. The summed E-state index contributed by atoms with van der Waals surface area (Å²) in [6.07, 6.45) is 2.49. The Morgan fingerprint density at radius 1 is 1.00 bits per heavy atom. The first-order chi connectivity index (χ1) is 12.7. The highest BCUT2D eigenvalue weighted by molar-refractivity contribution is 6.02. The number of hydrogen-bond donors (Lipinski definition) is 0. The van der Waals surface area contributed by atoms with Gasteiger partial charge in [0.15, 0.2) is 0 Å². The summed E-state index contributed by atoms with van der Waals surface area (Å²) in [6, 6.07) is 9.54. The summed E-state index contributed by atoms with van der Waals surface area (Å²) in [5.74, 6) is -1.27. The smallest absolute Gasteiger partial charge is 0.334 e. The number of fused-ring (bicyclic) bond motifs is 2. The van der Waals surface area contributed by atoms with Crippen LogP contribution in [0.4, 0.5) is 5.69 Å². The van der Waals surface area contributed by atoms with Crippen LogP contribution in [0.5, 0.6) is 0 Å². The summed E-state index contributed by atoms with van der Waals surface area (Å²) in [4.78, 5) is 25.1. The van der Waals surface area contributed by atoms with E-state index in [1.807, 2.05) is 35.3 Å². The minimum atomic E-state index is -0.464. The van der Waals surface area contributed by atoms with Gasteiger partial charge in [-0.25, -0.2) is 14.6 Å². The van der Waals surface area contributed by atoms with E-state index in [9.17, 15) is 9.59 Å². The van der Waals surface area contributed by atoms with Crippen LogP contribution in [-0.2, 0) is 19.1 Å². The third-order valence-electron chi connectivity index (χ3n) is 5.63. The predicted octanol–water partition coefficient (Wildman–Crippen LogP) is 2.68. The zero-order valence-corrected chi connectivity index (χ0v) is 14.8. The molecule has 1 aromatic carbocycles. The molecule has 0 amide bonds. The molecule has 0 radical (unpaired) electrons. The molecule has 0 saturated heterocycles. The van der Waals surface area contributed by atoms with E-state index >= 15 is 0 Å². The number of hydrogen-bond acceptors (Lipinski definition) is 7. The lowest BCUT2D eigenvalue weighted by atomic mass is 9.71. The molecule has 1 aliphatic heterocycles. The molecule has 2 unspecified atom stereocenters. The van der Waals surface area contributed by atoms with Crippen molar-refractivity contribution < 1.29 is 19.1 Å². The largest absolute Gasteiger partial charge is 0.466 e. The fraction of sp³-hybridized carbons (Fsp3) is 0.474. The predicted molar refractivity (Wildman–Crippen MR) is 93.2 cm³/mol. The maximum atomic E-state index is 12.6. The number of esters is 2. The molecule has 0 spiro atoms. The normalized spacial score (nSPS) is 29.4. The van der Waals surface area contributed by atoms with Crippen molar-refractivity contribution in [3.05, 3.63) is 41.5 Å². The minimum absolute atomic E-state index is 0.0904. The van der Waals surface area contributed by atoms with E-state index < -0.39 is 11.9 Å². The van der Waals surface area contributed by atoms with E-state index in [2.05, 4.69) is 10.3 Å². The van der Waals surface area contributed by atoms with Crippen molar-refractivity contribution in [2.45, 2.75) is 31.3 Å². The number of ether oxygens (including phenoxy) is 2. The molecule has 1 fully saturated rings. The number of methoxy groups -OCH3 is 2. The molecule has 2 bridgehead atoms. The van der Waals surface area contributed by atoms with Gasteiger partial charge in [0.1, 0.15) is 6.04 Å². The first-order valence-electron chi connectivity index (χ1n) is 8.83. The second-order valence-electron chi connectivity index (χ2n) is 6.82. The van der Waals surface area contributed by atoms with Crippen LogP contribution in [0.25, 0.3) is 0 Å². The molecular formula is C19H21N3O4. The first-order valence-corrected chi connectivity index (χ1v) is 8.83. The van der Waals surface area contributed by atoms with Gasteiger partial charge in [-0.3, -0.25) is 0 Å². The molecule has 5 rings (SSSR count). The topological polar surface area (TPSA) is 80.6 Å². The van der Waals surface area contributed by atoms with Crippen molar-refractivity contribution in [2.24, 2.45) is 22.2 Å². The van der Waals surface area contributed by atoms with Gasteiger partial charge in [0.05, 0.1) is 37.1 Å². The van der Waals surface area contributed by atoms with Crippen LogP contribution in [0.3, 0.4) is 0 Å². The van der Waals surface area contributed by atoms with Crippen LogP contribution in [0, 0.1) is 11.8 Å². The number of nitrogens with zero attached hydrogens (tertiary/aromatic N) is 3. The summed E-state index contributed by atoms with van der Waals surface area (Å²) in [6.45, 7) is 0. The molecule has 7 heteroatoms. The van der Waals surface area contributed by atoms with Crippen molar-refractivity contribution in [3.8, 4) is 0 Å². The monoisotopic (exact) mass is 355 g/mol. The van der Waals surface area contributed by atoms with E-state index in [0.717, 1.165) is 24.9 Å². The Kier molecular flexibility index (Phi) is 4.22. The Hall–Kier alpha value is -2.70. The Morgan fingerprint density at radius 2 is 1.62 bits per heavy atom.